The average Bonchev–Trinajstić information content (AvgIpc) is 2.78. The Morgan fingerprint density at radius 3 is 2.95 bits per heavy atom. The molecule has 0 bridgehead atoms. The van der Waals surface area contributed by atoms with Crippen LogP contribution in [0.5, 0.6) is 0 Å². The number of rotatable bonds is 3. The minimum atomic E-state index is -0.499. The third kappa shape index (κ3) is 3.30. The molecule has 3 rings (SSSR count). The van der Waals surface area contributed by atoms with Crippen LogP contribution in [0.4, 0.5) is 0 Å². The van der Waals surface area contributed by atoms with E-state index in [0.717, 1.165) is 38.8 Å². The fraction of sp³-hybridized carbons (Fsp3) is 0.667. The van der Waals surface area contributed by atoms with E-state index in [1.54, 1.807) is 6.07 Å². The van der Waals surface area contributed by atoms with Gasteiger partial charge in [-0.05, 0) is 25.3 Å². The molecule has 2 unspecified atom stereocenters. The van der Waals surface area contributed by atoms with Crippen molar-refractivity contribution in [1.82, 2.24) is 4.90 Å². The Morgan fingerprint density at radius 1 is 1.43 bits per heavy atom. The summed E-state index contributed by atoms with van der Waals surface area (Å²) in [5.74, 6) is 0.318. The summed E-state index contributed by atoms with van der Waals surface area (Å²) in [7, 11) is 0. The molecule has 21 heavy (non-hydrogen) atoms. The molecule has 116 valence electrons. The number of aliphatic hydroxyl groups is 1. The second-order valence-corrected chi connectivity index (χ2v) is 8.48. The Balaban J connectivity index is 1.64. The van der Waals surface area contributed by atoms with Gasteiger partial charge in [0.1, 0.15) is 4.34 Å². The van der Waals surface area contributed by atoms with Crippen LogP contribution in [0.25, 0.3) is 0 Å². The number of piperidine rings is 1. The number of likely N-dealkylation sites (tertiary alicyclic amines) is 1. The van der Waals surface area contributed by atoms with E-state index in [4.69, 9.17) is 23.2 Å². The zero-order valence-electron chi connectivity index (χ0n) is 11.8. The number of ketones is 1. The molecular formula is C15H19Cl2NO2S. The first-order valence-electron chi connectivity index (χ1n) is 7.41. The molecule has 1 saturated heterocycles. The maximum atomic E-state index is 12.3. The number of thiophene rings is 1. The van der Waals surface area contributed by atoms with Gasteiger partial charge in [-0.3, -0.25) is 9.69 Å². The second-order valence-electron chi connectivity index (χ2n) is 6.19. The van der Waals surface area contributed by atoms with Gasteiger partial charge >= 0.3 is 0 Å². The highest BCUT2D eigenvalue weighted by atomic mass is 35.5. The zero-order valence-corrected chi connectivity index (χ0v) is 14.1. The van der Waals surface area contributed by atoms with Crippen LogP contribution in [-0.2, 0) is 0 Å². The van der Waals surface area contributed by atoms with Crippen LogP contribution in [0, 0.1) is 5.92 Å². The molecule has 0 spiro atoms. The van der Waals surface area contributed by atoms with E-state index < -0.39 is 5.60 Å². The molecule has 0 amide bonds. The number of carbonyl (C=O) groups is 1. The Hall–Kier alpha value is -0.130. The van der Waals surface area contributed by atoms with Crippen molar-refractivity contribution in [2.24, 2.45) is 5.92 Å². The summed E-state index contributed by atoms with van der Waals surface area (Å²) in [6.07, 6.45) is 5.04. The fourth-order valence-electron chi connectivity index (χ4n) is 3.60. The number of nitrogens with zero attached hydrogens (tertiary/aromatic N) is 1. The van der Waals surface area contributed by atoms with Crippen LogP contribution in [0.15, 0.2) is 6.07 Å². The summed E-state index contributed by atoms with van der Waals surface area (Å²) in [6, 6.07) is 1.65. The quantitative estimate of drug-likeness (QED) is 0.843. The molecule has 1 aliphatic carbocycles. The fourth-order valence-corrected chi connectivity index (χ4v) is 5.10. The minimum Gasteiger partial charge on any atom is -0.390 e. The van der Waals surface area contributed by atoms with E-state index in [1.165, 1.54) is 17.8 Å². The van der Waals surface area contributed by atoms with Crippen molar-refractivity contribution in [2.45, 2.75) is 37.7 Å². The zero-order chi connectivity index (χ0) is 15.0. The molecule has 1 saturated carbocycles. The average molecular weight is 348 g/mol. The van der Waals surface area contributed by atoms with Crippen molar-refractivity contribution < 1.29 is 9.90 Å². The van der Waals surface area contributed by atoms with Crippen molar-refractivity contribution in [3.05, 3.63) is 20.3 Å². The number of carbonyl (C=O) groups excluding carboxylic acids is 1. The van der Waals surface area contributed by atoms with E-state index in [1.807, 2.05) is 0 Å². The van der Waals surface area contributed by atoms with Crippen LogP contribution in [-0.4, -0.2) is 41.0 Å². The minimum absolute atomic E-state index is 0.0180. The third-order valence-corrected chi connectivity index (χ3v) is 6.32. The lowest BCUT2D eigenvalue weighted by molar-refractivity contribution is -0.0936. The molecule has 0 radical (unpaired) electrons. The largest absolute Gasteiger partial charge is 0.390 e. The number of hydrogen-bond donors (Lipinski definition) is 1. The Labute approximate surface area is 138 Å². The van der Waals surface area contributed by atoms with Gasteiger partial charge in [0, 0.05) is 19.0 Å². The number of fused-ring (bicyclic) bond motifs is 1. The number of halogens is 2. The lowest BCUT2D eigenvalue weighted by Gasteiger charge is -2.47. The third-order valence-electron chi connectivity index (χ3n) is 4.84. The number of hydrogen-bond acceptors (Lipinski definition) is 4. The van der Waals surface area contributed by atoms with E-state index in [-0.39, 0.29) is 5.78 Å². The van der Waals surface area contributed by atoms with Gasteiger partial charge in [0.15, 0.2) is 5.78 Å². The molecule has 1 aromatic rings. The van der Waals surface area contributed by atoms with E-state index in [2.05, 4.69) is 4.90 Å². The summed E-state index contributed by atoms with van der Waals surface area (Å²) in [6.45, 7) is 1.94. The molecule has 0 aromatic carbocycles. The summed E-state index contributed by atoms with van der Waals surface area (Å²) in [4.78, 5) is 14.5. The van der Waals surface area contributed by atoms with Crippen LogP contribution < -0.4 is 0 Å². The molecule has 1 N–H and O–H groups in total. The van der Waals surface area contributed by atoms with Gasteiger partial charge in [0.25, 0.3) is 0 Å². The highest BCUT2D eigenvalue weighted by molar-refractivity contribution is 7.20. The molecule has 2 atom stereocenters. The molecule has 2 fully saturated rings. The molecule has 2 aliphatic rings. The highest BCUT2D eigenvalue weighted by Gasteiger charge is 2.42. The van der Waals surface area contributed by atoms with Gasteiger partial charge in [-0.2, -0.15) is 0 Å². The molecule has 1 aromatic heterocycles. The van der Waals surface area contributed by atoms with Crippen molar-refractivity contribution in [1.29, 1.82) is 0 Å². The Kier molecular flexibility index (Phi) is 4.63. The SMILES string of the molecule is O=C(CN1CCC2(O)CCCCC2C1)c1cc(Cl)sc1Cl. The summed E-state index contributed by atoms with van der Waals surface area (Å²) in [5, 5.41) is 10.7. The van der Waals surface area contributed by atoms with Crippen molar-refractivity contribution in [3.63, 3.8) is 0 Å². The van der Waals surface area contributed by atoms with Crippen molar-refractivity contribution in [2.75, 3.05) is 19.6 Å². The monoisotopic (exact) mass is 347 g/mol. The summed E-state index contributed by atoms with van der Waals surface area (Å²) in [5.41, 5.74) is 0.0253. The molecule has 1 aliphatic heterocycles. The van der Waals surface area contributed by atoms with Crippen molar-refractivity contribution in [3.8, 4) is 0 Å². The molecule has 3 nitrogen and oxygen atoms in total. The molecule has 2 heterocycles. The molecular weight excluding hydrogens is 329 g/mol. The maximum Gasteiger partial charge on any atom is 0.179 e. The topological polar surface area (TPSA) is 40.5 Å². The predicted octanol–water partition coefficient (Wildman–Crippen LogP) is 3.86. The van der Waals surface area contributed by atoms with E-state index >= 15 is 0 Å². The van der Waals surface area contributed by atoms with Gasteiger partial charge in [-0.25, -0.2) is 0 Å². The Bertz CT molecular complexity index is 548. The summed E-state index contributed by atoms with van der Waals surface area (Å²) >= 11 is 13.2. The van der Waals surface area contributed by atoms with Crippen molar-refractivity contribution >= 4 is 40.3 Å². The molecule has 6 heteroatoms. The first-order chi connectivity index (χ1) is 9.98. The predicted molar refractivity (Wildman–Crippen MR) is 86.6 cm³/mol. The van der Waals surface area contributed by atoms with Crippen LogP contribution in [0.3, 0.4) is 0 Å². The van der Waals surface area contributed by atoms with Crippen LogP contribution >= 0.6 is 34.5 Å². The summed E-state index contributed by atoms with van der Waals surface area (Å²) < 4.78 is 1.01. The Morgan fingerprint density at radius 2 is 2.24 bits per heavy atom. The number of Topliss-reactive ketones (excluding diaryl/α,β-unsaturated/α-hetero) is 1. The lowest BCUT2D eigenvalue weighted by Crippen LogP contribution is -2.54. The van der Waals surface area contributed by atoms with E-state index in [9.17, 15) is 9.90 Å². The van der Waals surface area contributed by atoms with Crippen LogP contribution in [0.2, 0.25) is 8.67 Å². The van der Waals surface area contributed by atoms with Gasteiger partial charge in [0.2, 0.25) is 0 Å². The van der Waals surface area contributed by atoms with Gasteiger partial charge in [-0.1, -0.05) is 36.0 Å². The van der Waals surface area contributed by atoms with Gasteiger partial charge in [0.05, 0.1) is 22.0 Å². The maximum absolute atomic E-state index is 12.3. The lowest BCUT2D eigenvalue weighted by atomic mass is 9.71. The van der Waals surface area contributed by atoms with Crippen LogP contribution in [0.1, 0.15) is 42.5 Å². The smallest absolute Gasteiger partial charge is 0.179 e. The standard InChI is InChI=1S/C15H19Cl2NO2S/c16-13-7-11(14(17)21-13)12(19)9-18-6-5-15(20)4-2-1-3-10(15)8-18/h7,10,20H,1-6,8-9H2. The first-order valence-corrected chi connectivity index (χ1v) is 8.98. The van der Waals surface area contributed by atoms with Gasteiger partial charge in [-0.15, -0.1) is 11.3 Å². The first kappa shape index (κ1) is 15.8. The van der Waals surface area contributed by atoms with Gasteiger partial charge < -0.3 is 5.11 Å². The second kappa shape index (κ2) is 6.17. The van der Waals surface area contributed by atoms with E-state index in [0.29, 0.717) is 26.7 Å². The highest BCUT2D eigenvalue weighted by Crippen LogP contribution is 2.40. The normalized spacial score (nSPS) is 30.1.